The van der Waals surface area contributed by atoms with Gasteiger partial charge in [-0.05, 0) is 50.5 Å². The van der Waals surface area contributed by atoms with Crippen molar-refractivity contribution in [3.63, 3.8) is 0 Å². The molecule has 14 nitrogen and oxygen atoms in total. The Bertz CT molecular complexity index is 1810. The number of benzene rings is 2. The first-order valence-electron chi connectivity index (χ1n) is 15.0. The number of hydrogen-bond acceptors (Lipinski definition) is 11. The Morgan fingerprint density at radius 1 is 1.18 bits per heavy atom. The molecule has 0 saturated carbocycles. The molecule has 3 aromatic rings. The maximum absolute atomic E-state index is 13.0. The first kappa shape index (κ1) is 39.3. The normalized spacial score (nSPS) is 15.4. The highest BCUT2D eigenvalue weighted by Crippen LogP contribution is 2.41. The van der Waals surface area contributed by atoms with Gasteiger partial charge < -0.3 is 24.3 Å². The van der Waals surface area contributed by atoms with Crippen LogP contribution < -0.4 is 14.8 Å². The van der Waals surface area contributed by atoms with Gasteiger partial charge in [0.05, 0.1) is 37.2 Å². The van der Waals surface area contributed by atoms with E-state index in [1.54, 1.807) is 19.1 Å². The van der Waals surface area contributed by atoms with Crippen LogP contribution in [-0.2, 0) is 32.3 Å². The van der Waals surface area contributed by atoms with E-state index in [2.05, 4.69) is 15.4 Å². The number of nitro benzene ring substituents is 1. The third-order valence-electron chi connectivity index (χ3n) is 7.51. The Kier molecular flexibility index (Phi) is 12.6. The van der Waals surface area contributed by atoms with E-state index in [1.165, 1.54) is 7.11 Å². The average Bonchev–Trinajstić information content (AvgIpc) is 3.50. The van der Waals surface area contributed by atoms with Crippen LogP contribution in [0.25, 0.3) is 0 Å². The highest BCUT2D eigenvalue weighted by molar-refractivity contribution is 6.32. The molecule has 4 rings (SSSR count). The van der Waals surface area contributed by atoms with Gasteiger partial charge in [0, 0.05) is 24.7 Å². The second-order valence-electron chi connectivity index (χ2n) is 11.2. The number of rotatable bonds is 11. The molecular formula is C32H35ClF3N5O9. The van der Waals surface area contributed by atoms with Crippen LogP contribution in [0, 0.1) is 23.0 Å². The molecule has 1 aliphatic heterocycles. The molecule has 0 radical (unpaired) electrons. The van der Waals surface area contributed by atoms with Gasteiger partial charge in [0.25, 0.3) is 11.8 Å². The Balaban J connectivity index is 0.000000284. The lowest BCUT2D eigenvalue weighted by molar-refractivity contribution is -0.385. The number of halogens is 4. The molecule has 1 N–H and O–H groups in total. The monoisotopic (exact) mass is 725 g/mol. The number of carbonyl (C=O) groups excluding carboxylic acids is 3. The van der Waals surface area contributed by atoms with Crippen molar-refractivity contribution < 1.29 is 51.4 Å². The lowest BCUT2D eigenvalue weighted by Gasteiger charge is -2.21. The zero-order chi connectivity index (χ0) is 37.6. The van der Waals surface area contributed by atoms with E-state index in [4.69, 9.17) is 30.5 Å². The number of aryl methyl sites for hydroxylation is 2. The molecule has 0 aliphatic carbocycles. The smallest absolute Gasteiger partial charge is 0.434 e. The van der Waals surface area contributed by atoms with Gasteiger partial charge in [0.2, 0.25) is 5.75 Å². The van der Waals surface area contributed by atoms with Crippen molar-refractivity contribution in [2.24, 2.45) is 18.0 Å². The highest BCUT2D eigenvalue weighted by Gasteiger charge is 2.42. The van der Waals surface area contributed by atoms with Gasteiger partial charge in [0.1, 0.15) is 22.1 Å². The molecule has 1 aliphatic rings. The molecule has 1 amide bonds. The Hall–Kier alpha value is -5.19. The number of amidine groups is 1. The van der Waals surface area contributed by atoms with E-state index in [1.807, 2.05) is 33.8 Å². The Morgan fingerprint density at radius 2 is 1.86 bits per heavy atom. The molecule has 1 unspecified atom stereocenters. The molecule has 2 heterocycles. The fraction of sp³-hybridized carbons (Fsp3) is 0.406. The second kappa shape index (κ2) is 16.0. The van der Waals surface area contributed by atoms with E-state index in [0.717, 1.165) is 36.4 Å². The maximum Gasteiger partial charge on any atom is 0.434 e. The molecule has 50 heavy (non-hydrogen) atoms. The summed E-state index contributed by atoms with van der Waals surface area (Å²) in [5.41, 5.74) is -0.284. The molecule has 270 valence electrons. The number of carbonyl (C=O) groups is 3. The van der Waals surface area contributed by atoms with Crippen LogP contribution in [0.15, 0.2) is 41.4 Å². The number of nitrogens with zero attached hydrogens (tertiary/aromatic N) is 4. The largest absolute Gasteiger partial charge is 0.486 e. The zero-order valence-electron chi connectivity index (χ0n) is 28.1. The molecule has 0 fully saturated rings. The van der Waals surface area contributed by atoms with E-state index in [9.17, 15) is 37.7 Å². The second-order valence-corrected chi connectivity index (χ2v) is 11.6. The number of aromatic nitrogens is 2. The number of hydrogen-bond donors (Lipinski definition) is 1. The van der Waals surface area contributed by atoms with Crippen LogP contribution in [-0.4, -0.2) is 64.2 Å². The van der Waals surface area contributed by atoms with Crippen molar-refractivity contribution in [2.75, 3.05) is 20.3 Å². The number of alkyl halides is 3. The lowest BCUT2D eigenvalue weighted by Crippen LogP contribution is -2.41. The maximum atomic E-state index is 13.0. The third kappa shape index (κ3) is 9.07. The minimum atomic E-state index is -4.75. The summed E-state index contributed by atoms with van der Waals surface area (Å²) in [4.78, 5) is 50.1. The predicted octanol–water partition coefficient (Wildman–Crippen LogP) is 6.20. The summed E-state index contributed by atoms with van der Waals surface area (Å²) >= 11 is 5.71. The standard InChI is InChI=1S/C16H15ClF3N3O6.C16H20N2O3/c1-3-27-12(24)6-7-28-11-8-9(4-5-10(11)23(25)26)29-15-13(17)14(16(18,19)20)22(2)21-15;1-9(2)16(4)15(20)17-13(18-16)12-8-11(14(19)21-5)7-6-10(12)3/h4-5,8H,3,6-7H2,1-2H3;6-9H,1-5H3,(H,17,18,20). The quantitative estimate of drug-likeness (QED) is 0.136. The van der Waals surface area contributed by atoms with Crippen molar-refractivity contribution in [3.05, 3.63) is 73.9 Å². The van der Waals surface area contributed by atoms with Gasteiger partial charge in [-0.15, -0.1) is 5.10 Å². The van der Waals surface area contributed by atoms with Crippen LogP contribution in [0.4, 0.5) is 18.9 Å². The fourth-order valence-electron chi connectivity index (χ4n) is 4.45. The summed E-state index contributed by atoms with van der Waals surface area (Å²) in [7, 11) is 2.38. The molecule has 1 aromatic heterocycles. The minimum absolute atomic E-state index is 0.0825. The van der Waals surface area contributed by atoms with Gasteiger partial charge in [0.15, 0.2) is 5.69 Å². The van der Waals surface area contributed by atoms with E-state index >= 15 is 0 Å². The van der Waals surface area contributed by atoms with Crippen molar-refractivity contribution in [1.82, 2.24) is 15.1 Å². The van der Waals surface area contributed by atoms with Crippen LogP contribution in [0.5, 0.6) is 17.4 Å². The minimum Gasteiger partial charge on any atom is -0.486 e. The third-order valence-corrected chi connectivity index (χ3v) is 7.85. The number of methoxy groups -OCH3 is 1. The average molecular weight is 726 g/mol. The summed E-state index contributed by atoms with van der Waals surface area (Å²) < 4.78 is 59.4. The van der Waals surface area contributed by atoms with Crippen LogP contribution in [0.1, 0.15) is 61.3 Å². The lowest BCUT2D eigenvalue weighted by atomic mass is 9.89. The van der Waals surface area contributed by atoms with Gasteiger partial charge in [-0.1, -0.05) is 31.5 Å². The van der Waals surface area contributed by atoms with Crippen LogP contribution >= 0.6 is 11.6 Å². The van der Waals surface area contributed by atoms with Gasteiger partial charge in [-0.2, -0.15) is 13.2 Å². The number of esters is 2. The van der Waals surface area contributed by atoms with Gasteiger partial charge in [-0.25, -0.2) is 4.79 Å². The first-order chi connectivity index (χ1) is 23.3. The first-order valence-corrected chi connectivity index (χ1v) is 15.4. The Morgan fingerprint density at radius 3 is 2.40 bits per heavy atom. The summed E-state index contributed by atoms with van der Waals surface area (Å²) in [6.07, 6.45) is -4.91. The highest BCUT2D eigenvalue weighted by atomic mass is 35.5. The van der Waals surface area contributed by atoms with Crippen LogP contribution in [0.3, 0.4) is 0 Å². The molecule has 0 saturated heterocycles. The zero-order valence-corrected chi connectivity index (χ0v) is 28.9. The Labute approximate surface area is 289 Å². The number of nitro groups is 1. The van der Waals surface area contributed by atoms with E-state index in [-0.39, 0.29) is 43.0 Å². The summed E-state index contributed by atoms with van der Waals surface area (Å²) in [6, 6.07) is 8.49. The molecule has 0 spiro atoms. The summed E-state index contributed by atoms with van der Waals surface area (Å²) in [5.74, 6) is -1.37. The molecule has 18 heteroatoms. The number of ether oxygens (including phenoxy) is 4. The number of amides is 1. The predicted molar refractivity (Wildman–Crippen MR) is 174 cm³/mol. The topological polar surface area (TPSA) is 173 Å². The van der Waals surface area contributed by atoms with E-state index < -0.39 is 50.9 Å². The van der Waals surface area contributed by atoms with Crippen molar-refractivity contribution in [2.45, 2.75) is 52.8 Å². The van der Waals surface area contributed by atoms with Crippen molar-refractivity contribution >= 4 is 41.0 Å². The van der Waals surface area contributed by atoms with Crippen molar-refractivity contribution in [1.29, 1.82) is 0 Å². The van der Waals surface area contributed by atoms with Gasteiger partial charge in [-0.3, -0.25) is 29.4 Å². The summed E-state index contributed by atoms with van der Waals surface area (Å²) in [5, 5.41) is 16.8. The molecule has 0 bridgehead atoms. The molecular weight excluding hydrogens is 691 g/mol. The SMILES string of the molecule is CCOC(=O)CCOc1cc(Oc2nn(C)c(C(F)(F)F)c2Cl)ccc1[N+](=O)[O-].COC(=O)c1ccc(C)c(C2=NC(C)(C(C)C)C(=O)N2)c1. The number of aliphatic imine (C=N–C) groups is 1. The van der Waals surface area contributed by atoms with Crippen LogP contribution in [0.2, 0.25) is 5.02 Å². The number of nitrogens with one attached hydrogen (secondary N) is 1. The summed E-state index contributed by atoms with van der Waals surface area (Å²) in [6.45, 7) is 9.24. The molecule has 1 atom stereocenters. The van der Waals surface area contributed by atoms with Gasteiger partial charge >= 0.3 is 23.8 Å². The van der Waals surface area contributed by atoms with E-state index in [0.29, 0.717) is 16.1 Å². The fourth-order valence-corrected chi connectivity index (χ4v) is 4.75. The molecule has 2 aromatic carbocycles. The van der Waals surface area contributed by atoms with Crippen molar-refractivity contribution in [3.8, 4) is 17.4 Å².